The van der Waals surface area contributed by atoms with Crippen molar-refractivity contribution >= 4 is 11.6 Å². The third kappa shape index (κ3) is 4.91. The van der Waals surface area contributed by atoms with E-state index in [4.69, 9.17) is 5.11 Å². The first-order valence-corrected chi connectivity index (χ1v) is 7.81. The number of amides is 1. The van der Waals surface area contributed by atoms with Crippen molar-refractivity contribution in [2.75, 3.05) is 18.5 Å². The van der Waals surface area contributed by atoms with Crippen molar-refractivity contribution < 1.29 is 9.90 Å². The molecule has 0 spiro atoms. The lowest BCUT2D eigenvalue weighted by Crippen LogP contribution is -2.22. The fourth-order valence-corrected chi connectivity index (χ4v) is 2.46. The van der Waals surface area contributed by atoms with Gasteiger partial charge in [-0.25, -0.2) is 0 Å². The molecule has 1 aromatic heterocycles. The summed E-state index contributed by atoms with van der Waals surface area (Å²) in [6, 6.07) is 9.44. The van der Waals surface area contributed by atoms with E-state index in [-0.39, 0.29) is 12.5 Å². The van der Waals surface area contributed by atoms with Crippen LogP contribution in [-0.4, -0.2) is 33.9 Å². The summed E-state index contributed by atoms with van der Waals surface area (Å²) >= 11 is 0. The summed E-state index contributed by atoms with van der Waals surface area (Å²) in [5.74, 6) is -0.00637. The van der Waals surface area contributed by atoms with E-state index in [2.05, 4.69) is 15.7 Å². The molecule has 0 bridgehead atoms. The lowest BCUT2D eigenvalue weighted by Gasteiger charge is -2.07. The van der Waals surface area contributed by atoms with E-state index in [0.717, 1.165) is 22.6 Å². The van der Waals surface area contributed by atoms with E-state index in [1.165, 1.54) is 0 Å². The molecule has 23 heavy (non-hydrogen) atoms. The number of nitrogens with zero attached hydrogens (tertiary/aromatic N) is 2. The Bertz CT molecular complexity index is 638. The molecular weight excluding hydrogens is 292 g/mol. The normalized spacial score (nSPS) is 10.7. The van der Waals surface area contributed by atoms with Crippen LogP contribution in [0.15, 0.2) is 30.3 Å². The molecule has 2 aromatic rings. The molecule has 0 fully saturated rings. The van der Waals surface area contributed by atoms with Crippen LogP contribution in [0.2, 0.25) is 0 Å². The highest BCUT2D eigenvalue weighted by Gasteiger charge is 2.10. The maximum Gasteiger partial charge on any atom is 0.225 e. The third-order valence-electron chi connectivity index (χ3n) is 3.73. The van der Waals surface area contributed by atoms with Crippen molar-refractivity contribution in [3.05, 3.63) is 47.3 Å². The van der Waals surface area contributed by atoms with Gasteiger partial charge in [0.15, 0.2) is 0 Å². The number of hydrogen-bond acceptors (Lipinski definition) is 4. The highest BCUT2D eigenvalue weighted by Crippen LogP contribution is 2.12. The molecule has 0 unspecified atom stereocenters. The van der Waals surface area contributed by atoms with Crippen LogP contribution in [0.4, 0.5) is 5.69 Å². The zero-order valence-corrected chi connectivity index (χ0v) is 13.7. The molecule has 0 aliphatic heterocycles. The number of aliphatic hydroxyl groups is 1. The standard InChI is InChI=1S/C17H24N4O2/c1-13-16(14(2)21(20-13)10-11-22)12-18-9-8-17(23)19-15-6-4-3-5-7-15/h3-7,18,22H,8-12H2,1-2H3,(H,19,23). The summed E-state index contributed by atoms with van der Waals surface area (Å²) in [5, 5.41) is 19.6. The van der Waals surface area contributed by atoms with Gasteiger partial charge in [-0.15, -0.1) is 0 Å². The monoisotopic (exact) mass is 316 g/mol. The Labute approximate surface area is 136 Å². The Morgan fingerprint density at radius 1 is 1.26 bits per heavy atom. The zero-order chi connectivity index (χ0) is 16.7. The molecule has 0 atom stereocenters. The number of carbonyl (C=O) groups excluding carboxylic acids is 1. The quantitative estimate of drug-likeness (QED) is 0.647. The van der Waals surface area contributed by atoms with Crippen LogP contribution < -0.4 is 10.6 Å². The second kappa shape index (κ2) is 8.45. The van der Waals surface area contributed by atoms with E-state index in [1.54, 1.807) is 0 Å². The van der Waals surface area contributed by atoms with Gasteiger partial charge in [0.2, 0.25) is 5.91 Å². The van der Waals surface area contributed by atoms with Gasteiger partial charge in [0.25, 0.3) is 0 Å². The van der Waals surface area contributed by atoms with Crippen LogP contribution in [-0.2, 0) is 17.9 Å². The predicted molar refractivity (Wildman–Crippen MR) is 90.2 cm³/mol. The highest BCUT2D eigenvalue weighted by molar-refractivity contribution is 5.90. The lowest BCUT2D eigenvalue weighted by molar-refractivity contribution is -0.116. The summed E-state index contributed by atoms with van der Waals surface area (Å²) < 4.78 is 1.81. The number of nitrogens with one attached hydrogen (secondary N) is 2. The minimum absolute atomic E-state index is 0.00637. The average Bonchev–Trinajstić information content (AvgIpc) is 2.80. The molecule has 0 saturated heterocycles. The molecule has 0 saturated carbocycles. The van der Waals surface area contributed by atoms with Gasteiger partial charge in [-0.2, -0.15) is 5.10 Å². The Hall–Kier alpha value is -2.18. The number of aliphatic hydroxyl groups excluding tert-OH is 1. The van der Waals surface area contributed by atoms with Crippen molar-refractivity contribution in [1.82, 2.24) is 15.1 Å². The highest BCUT2D eigenvalue weighted by atomic mass is 16.3. The van der Waals surface area contributed by atoms with Crippen LogP contribution in [0.5, 0.6) is 0 Å². The van der Waals surface area contributed by atoms with Crippen molar-refractivity contribution in [1.29, 1.82) is 0 Å². The molecule has 2 rings (SSSR count). The molecule has 124 valence electrons. The lowest BCUT2D eigenvalue weighted by atomic mass is 10.2. The van der Waals surface area contributed by atoms with E-state index in [1.807, 2.05) is 48.9 Å². The second-order valence-corrected chi connectivity index (χ2v) is 5.44. The molecule has 1 heterocycles. The van der Waals surface area contributed by atoms with E-state index < -0.39 is 0 Å². The Kier molecular flexibility index (Phi) is 6.31. The molecule has 1 amide bonds. The topological polar surface area (TPSA) is 79.2 Å². The van der Waals surface area contributed by atoms with Crippen molar-refractivity contribution in [3.63, 3.8) is 0 Å². The third-order valence-corrected chi connectivity index (χ3v) is 3.73. The number of aromatic nitrogens is 2. The maximum atomic E-state index is 11.9. The van der Waals surface area contributed by atoms with Gasteiger partial charge < -0.3 is 15.7 Å². The van der Waals surface area contributed by atoms with Gasteiger partial charge in [-0.3, -0.25) is 9.48 Å². The van der Waals surface area contributed by atoms with Gasteiger partial charge in [0.05, 0.1) is 18.8 Å². The summed E-state index contributed by atoms with van der Waals surface area (Å²) in [6.45, 7) is 5.81. The summed E-state index contributed by atoms with van der Waals surface area (Å²) in [7, 11) is 0. The predicted octanol–water partition coefficient (Wildman–Crippen LogP) is 1.61. The molecule has 0 radical (unpaired) electrons. The number of para-hydroxylation sites is 1. The van der Waals surface area contributed by atoms with Crippen LogP contribution in [0.25, 0.3) is 0 Å². The molecular formula is C17H24N4O2. The summed E-state index contributed by atoms with van der Waals surface area (Å²) in [5.41, 5.74) is 3.95. The van der Waals surface area contributed by atoms with Crippen molar-refractivity contribution in [2.45, 2.75) is 33.4 Å². The second-order valence-electron chi connectivity index (χ2n) is 5.44. The Morgan fingerprint density at radius 2 is 2.00 bits per heavy atom. The fraction of sp³-hybridized carbons (Fsp3) is 0.412. The van der Waals surface area contributed by atoms with E-state index in [0.29, 0.717) is 26.1 Å². The van der Waals surface area contributed by atoms with Crippen molar-refractivity contribution in [3.8, 4) is 0 Å². The Balaban J connectivity index is 1.76. The van der Waals surface area contributed by atoms with E-state index >= 15 is 0 Å². The number of rotatable bonds is 8. The first-order chi connectivity index (χ1) is 11.1. The van der Waals surface area contributed by atoms with Crippen LogP contribution in [0.3, 0.4) is 0 Å². The minimum Gasteiger partial charge on any atom is -0.394 e. The van der Waals surface area contributed by atoms with Gasteiger partial charge in [0, 0.05) is 36.5 Å². The minimum atomic E-state index is -0.00637. The number of aryl methyl sites for hydroxylation is 1. The first kappa shape index (κ1) is 17.2. The average molecular weight is 316 g/mol. The van der Waals surface area contributed by atoms with Crippen LogP contribution in [0.1, 0.15) is 23.4 Å². The largest absolute Gasteiger partial charge is 0.394 e. The fourth-order valence-electron chi connectivity index (χ4n) is 2.46. The van der Waals surface area contributed by atoms with Crippen LogP contribution in [0, 0.1) is 13.8 Å². The zero-order valence-electron chi connectivity index (χ0n) is 13.7. The molecule has 0 aliphatic rings. The SMILES string of the molecule is Cc1nn(CCO)c(C)c1CNCCC(=O)Nc1ccccc1. The number of anilines is 1. The van der Waals surface area contributed by atoms with Gasteiger partial charge >= 0.3 is 0 Å². The molecule has 6 heteroatoms. The molecule has 0 aliphatic carbocycles. The van der Waals surface area contributed by atoms with E-state index in [9.17, 15) is 4.79 Å². The smallest absolute Gasteiger partial charge is 0.225 e. The first-order valence-electron chi connectivity index (χ1n) is 7.81. The van der Waals surface area contributed by atoms with Gasteiger partial charge in [0.1, 0.15) is 0 Å². The Morgan fingerprint density at radius 3 is 2.70 bits per heavy atom. The summed E-state index contributed by atoms with van der Waals surface area (Å²) in [4.78, 5) is 11.9. The van der Waals surface area contributed by atoms with Crippen molar-refractivity contribution in [2.24, 2.45) is 0 Å². The molecule has 3 N–H and O–H groups in total. The number of hydrogen-bond donors (Lipinski definition) is 3. The molecule has 6 nitrogen and oxygen atoms in total. The van der Waals surface area contributed by atoms with Crippen LogP contribution >= 0.6 is 0 Å². The summed E-state index contributed by atoms with van der Waals surface area (Å²) in [6.07, 6.45) is 0.414. The van der Waals surface area contributed by atoms with Gasteiger partial charge in [-0.05, 0) is 26.0 Å². The number of carbonyl (C=O) groups is 1. The van der Waals surface area contributed by atoms with Gasteiger partial charge in [-0.1, -0.05) is 18.2 Å². The molecule has 1 aromatic carbocycles. The number of benzene rings is 1. The maximum absolute atomic E-state index is 11.9.